The van der Waals surface area contributed by atoms with Crippen molar-refractivity contribution in [3.63, 3.8) is 0 Å². The van der Waals surface area contributed by atoms with E-state index in [0.29, 0.717) is 27.8 Å². The topological polar surface area (TPSA) is 96.0 Å². The van der Waals surface area contributed by atoms with E-state index in [1.54, 1.807) is 60.7 Å². The van der Waals surface area contributed by atoms with Crippen LogP contribution in [0.3, 0.4) is 0 Å². The summed E-state index contributed by atoms with van der Waals surface area (Å²) in [6.07, 6.45) is 5.27. The molecule has 2 amide bonds. The van der Waals surface area contributed by atoms with Crippen molar-refractivity contribution >= 4 is 50.7 Å². The average Bonchev–Trinajstić information content (AvgIpc) is 3.01. The van der Waals surface area contributed by atoms with Gasteiger partial charge in [0.15, 0.2) is 0 Å². The van der Waals surface area contributed by atoms with Crippen molar-refractivity contribution in [1.29, 1.82) is 0 Å². The largest absolute Gasteiger partial charge is 0.497 e. The molecule has 0 bridgehead atoms. The Bertz CT molecular complexity index is 1490. The number of anilines is 1. The molecule has 1 aliphatic carbocycles. The number of methoxy groups -OCH3 is 1. The summed E-state index contributed by atoms with van der Waals surface area (Å²) in [4.78, 5) is 29.4. The highest BCUT2D eigenvalue weighted by Crippen LogP contribution is 2.30. The molecule has 1 saturated carbocycles. The molecule has 0 aliphatic heterocycles. The Morgan fingerprint density at radius 2 is 1.60 bits per heavy atom. The number of sulfonamides is 1. The minimum absolute atomic E-state index is 0.0217. The van der Waals surface area contributed by atoms with Gasteiger partial charge in [0.1, 0.15) is 18.3 Å². The molecule has 1 aliphatic rings. The van der Waals surface area contributed by atoms with Crippen LogP contribution in [0.15, 0.2) is 77.7 Å². The number of ether oxygens (including phenoxy) is 1. The molecule has 0 heterocycles. The predicted molar refractivity (Wildman–Crippen MR) is 170 cm³/mol. The van der Waals surface area contributed by atoms with E-state index >= 15 is 0 Å². The van der Waals surface area contributed by atoms with Gasteiger partial charge in [0.05, 0.1) is 17.7 Å². The number of halogens is 2. The maximum absolute atomic E-state index is 14.3. The molecule has 11 heteroatoms. The first-order valence-corrected chi connectivity index (χ1v) is 16.6. The molecular weight excluding hydrogens is 609 g/mol. The smallest absolute Gasteiger partial charge is 0.264 e. The minimum atomic E-state index is -4.19. The number of hydrogen-bond donors (Lipinski definition) is 1. The molecule has 0 spiro atoms. The van der Waals surface area contributed by atoms with Crippen LogP contribution in [0.4, 0.5) is 5.69 Å². The molecule has 0 unspecified atom stereocenters. The lowest BCUT2D eigenvalue weighted by molar-refractivity contribution is -0.140. The van der Waals surface area contributed by atoms with Crippen molar-refractivity contribution in [2.75, 3.05) is 18.0 Å². The monoisotopic (exact) mass is 645 g/mol. The SMILES string of the molecule is CC[C@@H](C(=O)NC1CCCCC1)N(Cc1c(Cl)cccc1Cl)C(=O)CN(c1cccc(OC)c1)S(=O)(=O)c1ccccc1. The van der Waals surface area contributed by atoms with Crippen LogP contribution >= 0.6 is 23.2 Å². The van der Waals surface area contributed by atoms with Gasteiger partial charge in [-0.1, -0.05) is 79.7 Å². The number of carbonyl (C=O) groups excluding carboxylic acids is 2. The molecule has 230 valence electrons. The number of benzene rings is 3. The lowest BCUT2D eigenvalue weighted by Crippen LogP contribution is -2.54. The van der Waals surface area contributed by atoms with Crippen LogP contribution in [0.1, 0.15) is 51.0 Å². The van der Waals surface area contributed by atoms with E-state index in [2.05, 4.69) is 5.32 Å². The Hall–Kier alpha value is -3.27. The van der Waals surface area contributed by atoms with E-state index in [-0.39, 0.29) is 29.1 Å². The lowest BCUT2D eigenvalue weighted by atomic mass is 9.95. The van der Waals surface area contributed by atoms with Crippen molar-refractivity contribution < 1.29 is 22.7 Å². The fourth-order valence-corrected chi connectivity index (χ4v) is 7.28. The van der Waals surface area contributed by atoms with E-state index in [1.807, 2.05) is 6.92 Å². The Morgan fingerprint density at radius 3 is 2.23 bits per heavy atom. The van der Waals surface area contributed by atoms with Gasteiger partial charge in [-0.3, -0.25) is 13.9 Å². The van der Waals surface area contributed by atoms with Crippen molar-refractivity contribution in [2.24, 2.45) is 0 Å². The Balaban J connectivity index is 1.74. The molecule has 43 heavy (non-hydrogen) atoms. The van der Waals surface area contributed by atoms with Crippen molar-refractivity contribution in [1.82, 2.24) is 10.2 Å². The molecule has 8 nitrogen and oxygen atoms in total. The first kappa shape index (κ1) is 32.6. The van der Waals surface area contributed by atoms with Gasteiger partial charge in [0.25, 0.3) is 10.0 Å². The maximum atomic E-state index is 14.3. The van der Waals surface area contributed by atoms with E-state index in [4.69, 9.17) is 27.9 Å². The average molecular weight is 647 g/mol. The summed E-state index contributed by atoms with van der Waals surface area (Å²) in [5.41, 5.74) is 0.717. The molecule has 0 radical (unpaired) electrons. The summed E-state index contributed by atoms with van der Waals surface area (Å²) in [7, 11) is -2.72. The number of carbonyl (C=O) groups is 2. The summed E-state index contributed by atoms with van der Waals surface area (Å²) >= 11 is 13.0. The van der Waals surface area contributed by atoms with Gasteiger partial charge >= 0.3 is 0 Å². The first-order valence-electron chi connectivity index (χ1n) is 14.4. The summed E-state index contributed by atoms with van der Waals surface area (Å²) in [5.74, 6) is -0.440. The van der Waals surface area contributed by atoms with Crippen LogP contribution < -0.4 is 14.4 Å². The molecule has 4 rings (SSSR count). The highest BCUT2D eigenvalue weighted by molar-refractivity contribution is 7.92. The number of nitrogens with zero attached hydrogens (tertiary/aromatic N) is 2. The number of hydrogen-bond acceptors (Lipinski definition) is 5. The third-order valence-electron chi connectivity index (χ3n) is 7.68. The molecule has 3 aromatic rings. The fourth-order valence-electron chi connectivity index (χ4n) is 5.33. The number of amides is 2. The van der Waals surface area contributed by atoms with E-state index < -0.39 is 28.5 Å². The summed E-state index contributed by atoms with van der Waals surface area (Å²) < 4.78 is 34.4. The predicted octanol–water partition coefficient (Wildman–Crippen LogP) is 6.45. The summed E-state index contributed by atoms with van der Waals surface area (Å²) in [6.45, 7) is 1.17. The van der Waals surface area contributed by atoms with Gasteiger partial charge in [0, 0.05) is 34.3 Å². The van der Waals surface area contributed by atoms with Gasteiger partial charge < -0.3 is 15.0 Å². The number of rotatable bonds is 12. The molecular formula is C32H37Cl2N3O5S. The van der Waals surface area contributed by atoms with Crippen molar-refractivity contribution in [2.45, 2.75) is 69.0 Å². The Morgan fingerprint density at radius 1 is 0.953 bits per heavy atom. The second kappa shape index (κ2) is 14.9. The first-order chi connectivity index (χ1) is 20.6. The van der Waals surface area contributed by atoms with Crippen LogP contribution in [-0.2, 0) is 26.2 Å². The molecule has 0 saturated heterocycles. The minimum Gasteiger partial charge on any atom is -0.497 e. The van der Waals surface area contributed by atoms with Crippen LogP contribution in [0.25, 0.3) is 0 Å². The van der Waals surface area contributed by atoms with E-state index in [1.165, 1.54) is 24.1 Å². The normalized spacial score (nSPS) is 14.5. The third kappa shape index (κ3) is 8.02. The summed E-state index contributed by atoms with van der Waals surface area (Å²) in [5, 5.41) is 3.81. The van der Waals surface area contributed by atoms with E-state index in [0.717, 1.165) is 36.4 Å². The van der Waals surface area contributed by atoms with Gasteiger partial charge in [0.2, 0.25) is 11.8 Å². The van der Waals surface area contributed by atoms with Crippen LogP contribution in [0, 0.1) is 0 Å². The van der Waals surface area contributed by atoms with Crippen LogP contribution in [0.2, 0.25) is 10.0 Å². The Labute approximate surface area is 264 Å². The lowest BCUT2D eigenvalue weighted by Gasteiger charge is -2.34. The van der Waals surface area contributed by atoms with Crippen molar-refractivity contribution in [3.8, 4) is 5.75 Å². The standard InChI is InChI=1S/C32H37Cl2N3O5S/c1-3-30(32(39)35-23-12-6-4-7-13-23)36(21-27-28(33)18-11-19-29(27)34)31(38)22-37(24-14-10-15-25(20-24)42-2)43(40,41)26-16-8-5-9-17-26/h5,8-11,14-20,23,30H,3-4,6-7,12-13,21-22H2,1-2H3,(H,35,39)/t30-/m0/s1. The van der Waals surface area contributed by atoms with Crippen LogP contribution in [-0.4, -0.2) is 50.9 Å². The molecule has 1 atom stereocenters. The van der Waals surface area contributed by atoms with Gasteiger partial charge in [-0.25, -0.2) is 8.42 Å². The third-order valence-corrected chi connectivity index (χ3v) is 10.2. The van der Waals surface area contributed by atoms with E-state index in [9.17, 15) is 18.0 Å². The van der Waals surface area contributed by atoms with Gasteiger partial charge in [-0.15, -0.1) is 0 Å². The number of nitrogens with one attached hydrogen (secondary N) is 1. The molecule has 0 aromatic heterocycles. The summed E-state index contributed by atoms with van der Waals surface area (Å²) in [6, 6.07) is 18.6. The maximum Gasteiger partial charge on any atom is 0.264 e. The quantitative estimate of drug-likeness (QED) is 0.244. The fraction of sp³-hybridized carbons (Fsp3) is 0.375. The molecule has 1 fully saturated rings. The highest BCUT2D eigenvalue weighted by atomic mass is 35.5. The van der Waals surface area contributed by atoms with Gasteiger partial charge in [-0.2, -0.15) is 0 Å². The second-order valence-electron chi connectivity index (χ2n) is 10.5. The zero-order valence-electron chi connectivity index (χ0n) is 24.3. The zero-order chi connectivity index (χ0) is 31.0. The van der Waals surface area contributed by atoms with Gasteiger partial charge in [-0.05, 0) is 55.7 Å². The second-order valence-corrected chi connectivity index (χ2v) is 13.2. The van der Waals surface area contributed by atoms with Crippen molar-refractivity contribution in [3.05, 3.63) is 88.4 Å². The highest BCUT2D eigenvalue weighted by Gasteiger charge is 2.35. The molecule has 1 N–H and O–H groups in total. The Kier molecular flexibility index (Phi) is 11.3. The molecule has 3 aromatic carbocycles. The van der Waals surface area contributed by atoms with Crippen LogP contribution in [0.5, 0.6) is 5.75 Å². The zero-order valence-corrected chi connectivity index (χ0v) is 26.7.